The van der Waals surface area contributed by atoms with Crippen molar-refractivity contribution in [1.82, 2.24) is 0 Å². The number of nitrogens with two attached hydrogens (primary N) is 1. The summed E-state index contributed by atoms with van der Waals surface area (Å²) in [6.45, 7) is 0. The molecule has 0 heterocycles. The second kappa shape index (κ2) is 7.07. The third-order valence-corrected chi connectivity index (χ3v) is 0.874. The van der Waals surface area contributed by atoms with E-state index in [9.17, 15) is 4.79 Å². The highest BCUT2D eigenvalue weighted by atomic mass is 35.5. The highest BCUT2D eigenvalue weighted by Gasteiger charge is 1.91. The number of aliphatic carboxylic acids is 1. The van der Waals surface area contributed by atoms with Crippen molar-refractivity contribution in [2.75, 3.05) is 5.75 Å². The van der Waals surface area contributed by atoms with Crippen LogP contribution >= 0.6 is 24.4 Å². The second-order valence-electron chi connectivity index (χ2n) is 1.01. The van der Waals surface area contributed by atoms with Gasteiger partial charge in [0, 0.05) is 5.75 Å². The van der Waals surface area contributed by atoms with Crippen molar-refractivity contribution in [3.63, 3.8) is 0 Å². The highest BCUT2D eigenvalue weighted by molar-refractivity contribution is 7.97. The predicted octanol–water partition coefficient (Wildman–Crippen LogP) is 0.490. The molecule has 3 nitrogen and oxygen atoms in total. The van der Waals surface area contributed by atoms with Gasteiger partial charge in [0.05, 0.1) is 6.42 Å². The summed E-state index contributed by atoms with van der Waals surface area (Å²) in [5, 5.41) is 12.9. The van der Waals surface area contributed by atoms with E-state index in [0.29, 0.717) is 5.75 Å². The molecule has 8 heavy (non-hydrogen) atoms. The van der Waals surface area contributed by atoms with E-state index >= 15 is 0 Å². The van der Waals surface area contributed by atoms with Gasteiger partial charge in [0.25, 0.3) is 0 Å². The lowest BCUT2D eigenvalue weighted by molar-refractivity contribution is -0.136. The van der Waals surface area contributed by atoms with E-state index < -0.39 is 5.97 Å². The maximum atomic E-state index is 9.69. The van der Waals surface area contributed by atoms with Gasteiger partial charge in [0.1, 0.15) is 0 Å². The second-order valence-corrected chi connectivity index (χ2v) is 1.76. The molecule has 0 aliphatic rings. The summed E-state index contributed by atoms with van der Waals surface area (Å²) in [6.07, 6.45) is 0.154. The van der Waals surface area contributed by atoms with Crippen molar-refractivity contribution >= 4 is 30.3 Å². The number of carboxylic acid groups (broad SMARTS) is 1. The molecular formula is C3H8ClNO2S. The van der Waals surface area contributed by atoms with Gasteiger partial charge in [-0.1, -0.05) is 11.9 Å². The molecule has 3 N–H and O–H groups in total. The highest BCUT2D eigenvalue weighted by Crippen LogP contribution is 1.88. The number of carboxylic acids is 1. The largest absolute Gasteiger partial charge is 0.481 e. The first-order valence-corrected chi connectivity index (χ1v) is 2.85. The fourth-order valence-corrected chi connectivity index (χ4v) is 0.439. The molecule has 0 amide bonds. The molecule has 0 saturated carbocycles. The average molecular weight is 158 g/mol. The maximum absolute atomic E-state index is 9.69. The van der Waals surface area contributed by atoms with E-state index in [1.165, 1.54) is 0 Å². The Labute approximate surface area is 58.2 Å². The molecule has 0 bridgehead atoms. The molecule has 0 atom stereocenters. The summed E-state index contributed by atoms with van der Waals surface area (Å²) in [5.41, 5.74) is 0. The fourth-order valence-electron chi connectivity index (χ4n) is 0.146. The van der Waals surface area contributed by atoms with Crippen LogP contribution < -0.4 is 5.14 Å². The van der Waals surface area contributed by atoms with Crippen molar-refractivity contribution in [3.8, 4) is 0 Å². The van der Waals surface area contributed by atoms with Crippen molar-refractivity contribution in [2.24, 2.45) is 5.14 Å². The summed E-state index contributed by atoms with van der Waals surface area (Å²) in [5.74, 6) is -0.298. The molecule has 0 spiro atoms. The molecule has 0 aromatic heterocycles. The predicted molar refractivity (Wildman–Crippen MR) is 36.1 cm³/mol. The van der Waals surface area contributed by atoms with Crippen LogP contribution in [0.3, 0.4) is 0 Å². The monoisotopic (exact) mass is 157 g/mol. The standard InChI is InChI=1S/C3H7NO2S.ClH/c4-7-2-1-3(5)6;/h1-2,4H2,(H,5,6);1H. The lowest BCUT2D eigenvalue weighted by Gasteiger charge is -1.85. The van der Waals surface area contributed by atoms with Crippen LogP contribution in [0, 0.1) is 0 Å². The normalized spacial score (nSPS) is 7.62. The van der Waals surface area contributed by atoms with Crippen LogP contribution in [0.2, 0.25) is 0 Å². The Balaban J connectivity index is 0. The Morgan fingerprint density at radius 1 is 1.75 bits per heavy atom. The van der Waals surface area contributed by atoms with Crippen LogP contribution in [0.4, 0.5) is 0 Å². The first-order chi connectivity index (χ1) is 3.27. The number of halogens is 1. The summed E-state index contributed by atoms with van der Waals surface area (Å²) in [7, 11) is 0. The number of carbonyl (C=O) groups is 1. The van der Waals surface area contributed by atoms with Crippen molar-refractivity contribution in [1.29, 1.82) is 0 Å². The summed E-state index contributed by atoms with van der Waals surface area (Å²) >= 11 is 1.05. The molecule has 0 aliphatic heterocycles. The Kier molecular flexibility index (Phi) is 9.68. The smallest absolute Gasteiger partial charge is 0.304 e. The number of hydrogen-bond acceptors (Lipinski definition) is 3. The zero-order valence-corrected chi connectivity index (χ0v) is 5.80. The Morgan fingerprint density at radius 2 is 2.25 bits per heavy atom. The minimum atomic E-state index is -0.794. The van der Waals surface area contributed by atoms with Crippen molar-refractivity contribution in [3.05, 3.63) is 0 Å². The zero-order chi connectivity index (χ0) is 5.70. The minimum Gasteiger partial charge on any atom is -0.481 e. The van der Waals surface area contributed by atoms with Crippen LogP contribution in [0.25, 0.3) is 0 Å². The van der Waals surface area contributed by atoms with Gasteiger partial charge in [-0.25, -0.2) is 0 Å². The van der Waals surface area contributed by atoms with Gasteiger partial charge in [0.2, 0.25) is 0 Å². The minimum absolute atomic E-state index is 0. The summed E-state index contributed by atoms with van der Waals surface area (Å²) in [4.78, 5) is 9.69. The van der Waals surface area contributed by atoms with Crippen molar-refractivity contribution in [2.45, 2.75) is 6.42 Å². The van der Waals surface area contributed by atoms with Crippen LogP contribution in [-0.2, 0) is 4.79 Å². The Morgan fingerprint density at radius 3 is 2.38 bits per heavy atom. The summed E-state index contributed by atoms with van der Waals surface area (Å²) < 4.78 is 0. The topological polar surface area (TPSA) is 63.3 Å². The molecule has 0 aromatic carbocycles. The number of hydrogen-bond donors (Lipinski definition) is 2. The van der Waals surface area contributed by atoms with Crippen LogP contribution in [0.5, 0.6) is 0 Å². The molecule has 5 heteroatoms. The van der Waals surface area contributed by atoms with Crippen LogP contribution in [0.1, 0.15) is 6.42 Å². The Bertz CT molecular complexity index is 70.3. The van der Waals surface area contributed by atoms with Gasteiger partial charge in [-0.2, -0.15) is 0 Å². The van der Waals surface area contributed by atoms with E-state index in [1.54, 1.807) is 0 Å². The Hall–Kier alpha value is 0.0700. The average Bonchev–Trinajstić information content (AvgIpc) is 1.61. The quantitative estimate of drug-likeness (QED) is 0.586. The number of rotatable bonds is 3. The third-order valence-electron chi connectivity index (χ3n) is 0.434. The molecule has 0 aromatic rings. The van der Waals surface area contributed by atoms with Gasteiger partial charge in [-0.05, 0) is 0 Å². The van der Waals surface area contributed by atoms with E-state index in [-0.39, 0.29) is 18.8 Å². The lowest BCUT2D eigenvalue weighted by Crippen LogP contribution is -1.97. The van der Waals surface area contributed by atoms with E-state index in [1.807, 2.05) is 0 Å². The van der Waals surface area contributed by atoms with E-state index in [4.69, 9.17) is 10.2 Å². The SMILES string of the molecule is Cl.NSCCC(=O)O. The van der Waals surface area contributed by atoms with E-state index in [0.717, 1.165) is 11.9 Å². The van der Waals surface area contributed by atoms with Crippen molar-refractivity contribution < 1.29 is 9.90 Å². The molecule has 0 unspecified atom stereocenters. The lowest BCUT2D eigenvalue weighted by atomic mass is 10.5. The van der Waals surface area contributed by atoms with E-state index in [2.05, 4.69) is 0 Å². The zero-order valence-electron chi connectivity index (χ0n) is 4.16. The third kappa shape index (κ3) is 9.42. The van der Waals surface area contributed by atoms with Gasteiger partial charge < -0.3 is 5.11 Å². The maximum Gasteiger partial charge on any atom is 0.304 e. The molecule has 0 radical (unpaired) electrons. The molecule has 0 fully saturated rings. The first-order valence-electron chi connectivity index (χ1n) is 1.81. The molecule has 50 valence electrons. The molecule has 0 aliphatic carbocycles. The van der Waals surface area contributed by atoms with Crippen LogP contribution in [-0.4, -0.2) is 16.8 Å². The van der Waals surface area contributed by atoms with Crippen LogP contribution in [0.15, 0.2) is 0 Å². The van der Waals surface area contributed by atoms with Gasteiger partial charge in [-0.15, -0.1) is 12.4 Å². The molecule has 0 rings (SSSR count). The van der Waals surface area contributed by atoms with Gasteiger partial charge in [0.15, 0.2) is 0 Å². The van der Waals surface area contributed by atoms with Gasteiger partial charge >= 0.3 is 5.97 Å². The molecular weight excluding hydrogens is 150 g/mol. The first kappa shape index (κ1) is 10.9. The summed E-state index contributed by atoms with van der Waals surface area (Å²) in [6, 6.07) is 0. The fraction of sp³-hybridized carbons (Fsp3) is 0.667. The van der Waals surface area contributed by atoms with Gasteiger partial charge in [-0.3, -0.25) is 9.93 Å². The molecule has 0 saturated heterocycles.